The van der Waals surface area contributed by atoms with Crippen LogP contribution in [0.15, 0.2) is 76.6 Å². The number of carbonyl (C=O) groups is 2. The third kappa shape index (κ3) is 6.17. The van der Waals surface area contributed by atoms with Gasteiger partial charge in [0.2, 0.25) is 0 Å². The van der Waals surface area contributed by atoms with Crippen LogP contribution < -0.4 is 15.4 Å². The van der Waals surface area contributed by atoms with Crippen LogP contribution in [0.4, 0.5) is 15.8 Å². The third-order valence-corrected chi connectivity index (χ3v) is 5.93. The van der Waals surface area contributed by atoms with Crippen LogP contribution >= 0.6 is 35.0 Å². The van der Waals surface area contributed by atoms with Gasteiger partial charge in [-0.25, -0.2) is 9.38 Å². The molecule has 2 N–H and O–H groups in total. The lowest BCUT2D eigenvalue weighted by Crippen LogP contribution is -2.20. The molecular weight excluding hydrogens is 500 g/mol. The number of amides is 2. The molecule has 6 nitrogen and oxygen atoms in total. The maximum atomic E-state index is 13.6. The summed E-state index contributed by atoms with van der Waals surface area (Å²) in [5.41, 5.74) is 1.39. The molecule has 0 spiro atoms. The Morgan fingerprint density at radius 1 is 1.12 bits per heavy atom. The van der Waals surface area contributed by atoms with Gasteiger partial charge in [-0.3, -0.25) is 9.59 Å². The largest absolute Gasteiger partial charge is 0.482 e. The van der Waals surface area contributed by atoms with Crippen molar-refractivity contribution in [1.29, 1.82) is 0 Å². The molecule has 1 heterocycles. The van der Waals surface area contributed by atoms with Crippen LogP contribution in [0.2, 0.25) is 10.0 Å². The van der Waals surface area contributed by atoms with Crippen molar-refractivity contribution in [3.63, 3.8) is 0 Å². The standard InChI is InChI=1S/C24H16Cl2FN3O3S/c25-15-6-8-16(9-7-15)28-24-30-23(32)21(34-24)12-14-5-10-20(17(26)11-14)33-13-22(31)29-19-4-2-1-3-18(19)27/h1-12H,13H2,(H,29,31)(H,28,30,32)/b21-12-. The summed E-state index contributed by atoms with van der Waals surface area (Å²) in [7, 11) is 0. The lowest BCUT2D eigenvalue weighted by Gasteiger charge is -2.10. The Morgan fingerprint density at radius 2 is 1.88 bits per heavy atom. The molecule has 1 saturated heterocycles. The number of para-hydroxylation sites is 1. The van der Waals surface area contributed by atoms with Crippen molar-refractivity contribution in [3.8, 4) is 5.75 Å². The highest BCUT2D eigenvalue weighted by Crippen LogP contribution is 2.31. The number of aliphatic imine (C=N–C) groups is 1. The molecular formula is C24H16Cl2FN3O3S. The van der Waals surface area contributed by atoms with Crippen molar-refractivity contribution >= 4 is 69.4 Å². The number of amidine groups is 1. The van der Waals surface area contributed by atoms with Crippen molar-refractivity contribution in [2.75, 3.05) is 11.9 Å². The van der Waals surface area contributed by atoms with E-state index in [1.54, 1.807) is 54.6 Å². The first-order valence-corrected chi connectivity index (χ1v) is 11.5. The first kappa shape index (κ1) is 23.8. The second-order valence-corrected chi connectivity index (χ2v) is 8.84. The van der Waals surface area contributed by atoms with Crippen LogP contribution in [0, 0.1) is 5.82 Å². The second-order valence-electron chi connectivity index (χ2n) is 6.96. The second kappa shape index (κ2) is 10.7. The Balaban J connectivity index is 1.38. The first-order chi connectivity index (χ1) is 16.4. The number of halogens is 3. The van der Waals surface area contributed by atoms with Gasteiger partial charge in [0.1, 0.15) is 11.6 Å². The van der Waals surface area contributed by atoms with Gasteiger partial charge in [0, 0.05) is 5.02 Å². The van der Waals surface area contributed by atoms with E-state index in [0.29, 0.717) is 26.3 Å². The SMILES string of the molecule is O=C(COc1ccc(/C=C2\SC(=Nc3ccc(Cl)cc3)NC2=O)cc1Cl)Nc1ccccc1F. The number of benzene rings is 3. The van der Waals surface area contributed by atoms with E-state index in [0.717, 1.165) is 0 Å². The number of thioether (sulfide) groups is 1. The number of rotatable bonds is 6. The Kier molecular flexibility index (Phi) is 7.52. The van der Waals surface area contributed by atoms with E-state index >= 15 is 0 Å². The van der Waals surface area contributed by atoms with Gasteiger partial charge in [0.15, 0.2) is 11.8 Å². The highest BCUT2D eigenvalue weighted by molar-refractivity contribution is 8.18. The molecule has 1 aliphatic heterocycles. The molecule has 4 rings (SSSR count). The quantitative estimate of drug-likeness (QED) is 0.392. The molecule has 0 saturated carbocycles. The molecule has 0 atom stereocenters. The van der Waals surface area contributed by atoms with Crippen molar-refractivity contribution in [3.05, 3.63) is 93.1 Å². The number of nitrogens with zero attached hydrogens (tertiary/aromatic N) is 1. The molecule has 3 aromatic carbocycles. The van der Waals surface area contributed by atoms with Crippen LogP contribution in [0.1, 0.15) is 5.56 Å². The minimum Gasteiger partial charge on any atom is -0.482 e. The molecule has 0 unspecified atom stereocenters. The summed E-state index contributed by atoms with van der Waals surface area (Å²) in [6.07, 6.45) is 1.67. The minimum atomic E-state index is -0.540. The van der Waals surface area contributed by atoms with Crippen LogP contribution in [-0.2, 0) is 9.59 Å². The Morgan fingerprint density at radius 3 is 2.62 bits per heavy atom. The number of carbonyl (C=O) groups excluding carboxylic acids is 2. The van der Waals surface area contributed by atoms with Crippen molar-refractivity contribution in [2.24, 2.45) is 4.99 Å². The highest BCUT2D eigenvalue weighted by Gasteiger charge is 2.24. The predicted octanol–water partition coefficient (Wildman–Crippen LogP) is 6.04. The maximum Gasteiger partial charge on any atom is 0.264 e. The van der Waals surface area contributed by atoms with Crippen LogP contribution in [0.5, 0.6) is 5.75 Å². The summed E-state index contributed by atoms with van der Waals surface area (Å²) >= 11 is 13.4. The minimum absolute atomic E-state index is 0.0653. The average molecular weight is 516 g/mol. The van der Waals surface area contributed by atoms with E-state index in [4.69, 9.17) is 27.9 Å². The van der Waals surface area contributed by atoms with E-state index < -0.39 is 11.7 Å². The normalized spacial score (nSPS) is 15.4. The highest BCUT2D eigenvalue weighted by atomic mass is 35.5. The number of hydrogen-bond acceptors (Lipinski definition) is 5. The van der Waals surface area contributed by atoms with Crippen molar-refractivity contribution < 1.29 is 18.7 Å². The fourth-order valence-electron chi connectivity index (χ4n) is 2.88. The fraction of sp³-hybridized carbons (Fsp3) is 0.0417. The zero-order valence-electron chi connectivity index (χ0n) is 17.3. The maximum absolute atomic E-state index is 13.6. The first-order valence-electron chi connectivity index (χ1n) is 9.89. The molecule has 34 heavy (non-hydrogen) atoms. The van der Waals surface area contributed by atoms with E-state index in [9.17, 15) is 14.0 Å². The topological polar surface area (TPSA) is 79.8 Å². The van der Waals surface area contributed by atoms with Gasteiger partial charge in [0.25, 0.3) is 11.8 Å². The van der Waals surface area contributed by atoms with Crippen molar-refractivity contribution in [2.45, 2.75) is 0 Å². The van der Waals surface area contributed by atoms with E-state index in [-0.39, 0.29) is 29.0 Å². The summed E-state index contributed by atoms with van der Waals surface area (Å²) in [4.78, 5) is 29.2. The summed E-state index contributed by atoms with van der Waals surface area (Å²) in [6.45, 7) is -0.350. The van der Waals surface area contributed by atoms with E-state index in [2.05, 4.69) is 15.6 Å². The van der Waals surface area contributed by atoms with Gasteiger partial charge in [-0.1, -0.05) is 41.4 Å². The fourth-order valence-corrected chi connectivity index (χ4v) is 4.09. The molecule has 0 radical (unpaired) electrons. The molecule has 172 valence electrons. The molecule has 3 aromatic rings. The Bertz CT molecular complexity index is 1310. The van der Waals surface area contributed by atoms with Gasteiger partial charge < -0.3 is 15.4 Å². The number of hydrogen-bond donors (Lipinski definition) is 2. The lowest BCUT2D eigenvalue weighted by atomic mass is 10.2. The molecule has 2 amide bonds. The van der Waals surface area contributed by atoms with Crippen LogP contribution in [0.3, 0.4) is 0 Å². The molecule has 0 aromatic heterocycles. The van der Waals surface area contributed by atoms with Gasteiger partial charge in [-0.2, -0.15) is 0 Å². The number of ether oxygens (including phenoxy) is 1. The smallest absolute Gasteiger partial charge is 0.264 e. The van der Waals surface area contributed by atoms with Crippen LogP contribution in [0.25, 0.3) is 6.08 Å². The third-order valence-electron chi connectivity index (χ3n) is 4.47. The Hall–Kier alpha value is -3.33. The molecule has 1 fully saturated rings. The summed E-state index contributed by atoms with van der Waals surface area (Å²) < 4.78 is 19.1. The lowest BCUT2D eigenvalue weighted by molar-refractivity contribution is -0.118. The van der Waals surface area contributed by atoms with Gasteiger partial charge in [-0.15, -0.1) is 0 Å². The molecule has 0 aliphatic carbocycles. The van der Waals surface area contributed by atoms with Gasteiger partial charge in [0.05, 0.1) is 21.3 Å². The predicted molar refractivity (Wildman–Crippen MR) is 134 cm³/mol. The van der Waals surface area contributed by atoms with Gasteiger partial charge in [-0.05, 0) is 71.9 Å². The molecule has 10 heteroatoms. The van der Waals surface area contributed by atoms with E-state index in [1.165, 1.54) is 30.0 Å². The molecule has 0 bridgehead atoms. The monoisotopic (exact) mass is 515 g/mol. The number of nitrogens with one attached hydrogen (secondary N) is 2. The number of anilines is 1. The Labute approximate surface area is 208 Å². The summed E-state index contributed by atoms with van der Waals surface area (Å²) in [5.74, 6) is -1.07. The summed E-state index contributed by atoms with van der Waals surface area (Å²) in [5, 5.41) is 6.45. The van der Waals surface area contributed by atoms with Crippen LogP contribution in [-0.4, -0.2) is 23.6 Å². The zero-order chi connectivity index (χ0) is 24.1. The molecule has 1 aliphatic rings. The van der Waals surface area contributed by atoms with Crippen molar-refractivity contribution in [1.82, 2.24) is 5.32 Å². The zero-order valence-corrected chi connectivity index (χ0v) is 19.7. The van der Waals surface area contributed by atoms with Gasteiger partial charge >= 0.3 is 0 Å². The average Bonchev–Trinajstić information content (AvgIpc) is 3.14. The van der Waals surface area contributed by atoms with E-state index in [1.807, 2.05) is 0 Å². The summed E-state index contributed by atoms with van der Waals surface area (Å²) in [6, 6.07) is 17.7.